The van der Waals surface area contributed by atoms with Crippen LogP contribution >= 0.6 is 11.8 Å². The summed E-state index contributed by atoms with van der Waals surface area (Å²) in [6.07, 6.45) is 10.0. The van der Waals surface area contributed by atoms with Gasteiger partial charge in [0.05, 0.1) is 30.7 Å². The number of thioether (sulfide) groups is 1. The van der Waals surface area contributed by atoms with Gasteiger partial charge in [0.15, 0.2) is 0 Å². The van der Waals surface area contributed by atoms with E-state index in [0.717, 1.165) is 29.1 Å². The Morgan fingerprint density at radius 2 is 1.89 bits per heavy atom. The van der Waals surface area contributed by atoms with E-state index in [4.69, 9.17) is 4.74 Å². The molecule has 0 radical (unpaired) electrons. The quantitative estimate of drug-likeness (QED) is 0.217. The van der Waals surface area contributed by atoms with E-state index in [1.54, 1.807) is 54.0 Å². The Bertz CT molecular complexity index is 1200. The van der Waals surface area contributed by atoms with Crippen molar-refractivity contribution in [3.05, 3.63) is 84.0 Å². The number of methoxy groups -OCH3 is 1. The number of halogens is 1. The van der Waals surface area contributed by atoms with Crippen molar-refractivity contribution in [2.75, 3.05) is 13.4 Å². The molecule has 5 nitrogen and oxygen atoms in total. The van der Waals surface area contributed by atoms with Gasteiger partial charge < -0.3 is 10.1 Å². The number of hydrogen-bond acceptors (Lipinski definition) is 4. The summed E-state index contributed by atoms with van der Waals surface area (Å²) in [7, 11) is 1.65. The highest BCUT2D eigenvalue weighted by atomic mass is 32.2. The van der Waals surface area contributed by atoms with Crippen LogP contribution in [0.1, 0.15) is 69.8 Å². The van der Waals surface area contributed by atoms with E-state index < -0.39 is 0 Å². The zero-order valence-corrected chi connectivity index (χ0v) is 23.5. The van der Waals surface area contributed by atoms with Crippen LogP contribution in [0.3, 0.4) is 0 Å². The minimum Gasteiger partial charge on any atom is -0.496 e. The molecule has 0 spiro atoms. The molecule has 0 aliphatic rings. The number of carbonyl (C=O) groups is 1. The van der Waals surface area contributed by atoms with Gasteiger partial charge in [-0.05, 0) is 67.6 Å². The van der Waals surface area contributed by atoms with E-state index in [0.29, 0.717) is 22.5 Å². The molecule has 0 bridgehead atoms. The molecule has 0 unspecified atom stereocenters. The van der Waals surface area contributed by atoms with Crippen LogP contribution in [0, 0.1) is 5.82 Å². The Morgan fingerprint density at radius 3 is 2.43 bits per heavy atom. The highest BCUT2D eigenvalue weighted by Gasteiger charge is 2.22. The fourth-order valence-electron chi connectivity index (χ4n) is 3.88. The molecule has 1 N–H and O–H groups in total. The smallest absolute Gasteiger partial charge is 0.252 e. The van der Waals surface area contributed by atoms with Crippen LogP contribution in [-0.2, 0) is 4.79 Å². The number of hydrogen-bond donors (Lipinski definition) is 1. The Morgan fingerprint density at radius 1 is 1.22 bits per heavy atom. The monoisotopic (exact) mass is 523 g/mol. The third-order valence-electron chi connectivity index (χ3n) is 5.59. The van der Waals surface area contributed by atoms with Crippen molar-refractivity contribution in [2.45, 2.75) is 57.9 Å². The minimum atomic E-state index is -0.324. The zero-order valence-electron chi connectivity index (χ0n) is 22.7. The topological polar surface area (TPSA) is 56.1 Å². The normalized spacial score (nSPS) is 11.8. The molecule has 3 rings (SSSR count). The van der Waals surface area contributed by atoms with Crippen LogP contribution in [0.4, 0.5) is 4.39 Å². The maximum absolute atomic E-state index is 13.4. The van der Waals surface area contributed by atoms with Gasteiger partial charge in [0.1, 0.15) is 11.6 Å². The molecule has 1 atom stereocenters. The minimum absolute atomic E-state index is 0.149. The second-order valence-electron chi connectivity index (χ2n) is 8.37. The summed E-state index contributed by atoms with van der Waals surface area (Å²) in [6.45, 7) is 12.1. The van der Waals surface area contributed by atoms with Gasteiger partial charge in [0.2, 0.25) is 0 Å². The molecule has 0 saturated heterocycles. The van der Waals surface area contributed by atoms with Crippen LogP contribution in [0.25, 0.3) is 17.3 Å². The number of allylic oxidation sites excluding steroid dienone is 1. The van der Waals surface area contributed by atoms with Crippen LogP contribution in [0.5, 0.6) is 5.75 Å². The lowest BCUT2D eigenvalue weighted by Crippen LogP contribution is -2.29. The van der Waals surface area contributed by atoms with Crippen LogP contribution in [-0.4, -0.2) is 29.1 Å². The fraction of sp³-hybridized carbons (Fsp3) is 0.333. The molecule has 1 aromatic heterocycles. The fourth-order valence-corrected chi connectivity index (χ4v) is 4.48. The number of nitrogens with zero attached hydrogens (tertiary/aromatic N) is 2. The lowest BCUT2D eigenvalue weighted by molar-refractivity contribution is -0.116. The van der Waals surface area contributed by atoms with Gasteiger partial charge in [-0.1, -0.05) is 52.3 Å². The van der Waals surface area contributed by atoms with E-state index in [-0.39, 0.29) is 17.8 Å². The summed E-state index contributed by atoms with van der Waals surface area (Å²) < 4.78 is 20.5. The molecule has 3 aromatic rings. The number of nitrogens with one attached hydrogen (secondary N) is 1. The summed E-state index contributed by atoms with van der Waals surface area (Å²) in [4.78, 5) is 14.5. The van der Waals surface area contributed by atoms with Crippen molar-refractivity contribution in [3.63, 3.8) is 0 Å². The molecule has 2 aromatic carbocycles. The maximum Gasteiger partial charge on any atom is 0.252 e. The van der Waals surface area contributed by atoms with Crippen LogP contribution in [0.2, 0.25) is 0 Å². The average Bonchev–Trinajstić information content (AvgIpc) is 3.33. The average molecular weight is 524 g/mol. The first-order valence-electron chi connectivity index (χ1n) is 12.5. The molecule has 198 valence electrons. The number of carbonyl (C=O) groups excluding carboxylic acids is 1. The second kappa shape index (κ2) is 15.1. The van der Waals surface area contributed by atoms with E-state index in [9.17, 15) is 9.18 Å². The molecule has 1 amide bonds. The lowest BCUT2D eigenvalue weighted by Gasteiger charge is -2.21. The molecule has 7 heteroatoms. The van der Waals surface area contributed by atoms with Gasteiger partial charge in [0, 0.05) is 16.0 Å². The Kier molecular flexibility index (Phi) is 12.2. The predicted octanol–water partition coefficient (Wildman–Crippen LogP) is 7.86. The molecule has 0 aliphatic heterocycles. The predicted molar refractivity (Wildman–Crippen MR) is 154 cm³/mol. The van der Waals surface area contributed by atoms with Gasteiger partial charge >= 0.3 is 0 Å². The third kappa shape index (κ3) is 7.59. The highest BCUT2D eigenvalue weighted by Crippen LogP contribution is 2.32. The number of rotatable bonds is 10. The first-order valence-corrected chi connectivity index (χ1v) is 13.8. The van der Waals surface area contributed by atoms with Gasteiger partial charge in [-0.2, -0.15) is 5.10 Å². The molecule has 1 heterocycles. The summed E-state index contributed by atoms with van der Waals surface area (Å²) in [5.41, 5.74) is 3.54. The van der Waals surface area contributed by atoms with Crippen molar-refractivity contribution < 1.29 is 13.9 Å². The summed E-state index contributed by atoms with van der Waals surface area (Å²) in [5.74, 6) is 0.301. The van der Waals surface area contributed by atoms with E-state index in [1.807, 2.05) is 25.3 Å². The number of ether oxygens (including phenoxy) is 1. The molecule has 0 aliphatic carbocycles. The Labute approximate surface area is 224 Å². The maximum atomic E-state index is 13.4. The zero-order chi connectivity index (χ0) is 27.4. The largest absolute Gasteiger partial charge is 0.496 e. The number of benzene rings is 2. The lowest BCUT2D eigenvalue weighted by atomic mass is 10.00. The molecular formula is C30H38FN3O2S. The number of amides is 1. The van der Waals surface area contributed by atoms with Crippen molar-refractivity contribution in [1.29, 1.82) is 0 Å². The third-order valence-corrected chi connectivity index (χ3v) is 6.35. The van der Waals surface area contributed by atoms with E-state index >= 15 is 0 Å². The van der Waals surface area contributed by atoms with Gasteiger partial charge in [-0.15, -0.1) is 11.8 Å². The van der Waals surface area contributed by atoms with Gasteiger partial charge in [-0.25, -0.2) is 9.07 Å². The molecular weight excluding hydrogens is 485 g/mol. The molecule has 0 fully saturated rings. The number of aromatic nitrogens is 2. The Hall–Kier alpha value is -3.32. The Balaban J connectivity index is 0.00000153. The van der Waals surface area contributed by atoms with E-state index in [1.165, 1.54) is 18.6 Å². The molecule has 0 saturated carbocycles. The van der Waals surface area contributed by atoms with Crippen molar-refractivity contribution >= 4 is 29.3 Å². The van der Waals surface area contributed by atoms with Crippen molar-refractivity contribution in [2.24, 2.45) is 0 Å². The first kappa shape index (κ1) is 29.9. The second-order valence-corrected chi connectivity index (χ2v) is 9.22. The standard InChI is InChI=1S/C27H30FN3O2S.C3H8/c1-6-9-23(18-10-15-25(33-4)26(16-18)34-5)30-27(32)21(7-2)22-17-29-31(24(22)8-3)20-13-11-19(28)12-14-20;1-3-2/h7-8,10-17,23H,3,6,9H2,1-2,4-5H3,(H,30,32);3H2,1-2H3/b21-7+;/t23-;/m1./s1. The summed E-state index contributed by atoms with van der Waals surface area (Å²) in [6, 6.07) is 11.9. The van der Waals surface area contributed by atoms with E-state index in [2.05, 4.69) is 43.8 Å². The first-order chi connectivity index (χ1) is 17.9. The van der Waals surface area contributed by atoms with Gasteiger partial charge in [0.25, 0.3) is 5.91 Å². The molecule has 37 heavy (non-hydrogen) atoms. The van der Waals surface area contributed by atoms with Gasteiger partial charge in [-0.3, -0.25) is 4.79 Å². The van der Waals surface area contributed by atoms with Crippen molar-refractivity contribution in [1.82, 2.24) is 15.1 Å². The van der Waals surface area contributed by atoms with Crippen LogP contribution < -0.4 is 10.1 Å². The van der Waals surface area contributed by atoms with Crippen molar-refractivity contribution in [3.8, 4) is 11.4 Å². The summed E-state index contributed by atoms with van der Waals surface area (Å²) >= 11 is 1.61. The van der Waals surface area contributed by atoms with Crippen LogP contribution in [0.15, 0.2) is 66.2 Å². The summed E-state index contributed by atoms with van der Waals surface area (Å²) in [5, 5.41) is 7.64. The SMILES string of the molecule is C=Cc1c(/C(=C\C)C(=O)N[C@H](CCC)c2ccc(OC)c(SC)c2)cnn1-c1ccc(F)cc1.CCC. The highest BCUT2D eigenvalue weighted by molar-refractivity contribution is 7.98.